The Hall–Kier alpha value is -3.51. The van der Waals surface area contributed by atoms with Gasteiger partial charge in [-0.1, -0.05) is 48.5 Å². The highest BCUT2D eigenvalue weighted by Crippen LogP contribution is 2.44. The molecule has 0 saturated heterocycles. The molecule has 0 fully saturated rings. The highest BCUT2D eigenvalue weighted by molar-refractivity contribution is 5.81. The maximum atomic E-state index is 12.1. The van der Waals surface area contributed by atoms with Gasteiger partial charge in [0.15, 0.2) is 0 Å². The number of hydrogen-bond acceptors (Lipinski definition) is 5. The molecule has 0 aromatic heterocycles. The summed E-state index contributed by atoms with van der Waals surface area (Å²) in [5, 5.41) is 14.9. The summed E-state index contributed by atoms with van der Waals surface area (Å²) in [6, 6.07) is 14.8. The van der Waals surface area contributed by atoms with Gasteiger partial charge in [-0.25, -0.2) is 9.59 Å². The lowest BCUT2D eigenvalue weighted by Gasteiger charge is -2.16. The number of ether oxygens (including phenoxy) is 1. The molecule has 0 aliphatic heterocycles. The second-order valence-corrected chi connectivity index (χ2v) is 6.11. The van der Waals surface area contributed by atoms with E-state index < -0.39 is 18.1 Å². The van der Waals surface area contributed by atoms with Crippen molar-refractivity contribution in [2.75, 3.05) is 13.2 Å². The third kappa shape index (κ3) is 4.02. The molecule has 1 atom stereocenters. The van der Waals surface area contributed by atoms with Gasteiger partial charge in [-0.15, -0.1) is 0 Å². The molecule has 0 radical (unpaired) electrons. The van der Waals surface area contributed by atoms with Crippen molar-refractivity contribution in [2.24, 2.45) is 5.11 Å². The predicted molar refractivity (Wildman–Crippen MR) is 96.4 cm³/mol. The monoisotopic (exact) mass is 367 g/mol. The molecule has 1 unspecified atom stereocenters. The highest BCUT2D eigenvalue weighted by atomic mass is 16.5. The molecule has 0 heterocycles. The van der Waals surface area contributed by atoms with Crippen LogP contribution in [0.25, 0.3) is 11.1 Å². The summed E-state index contributed by atoms with van der Waals surface area (Å²) in [4.78, 5) is 26.1. The summed E-state index contributed by atoms with van der Waals surface area (Å²) < 4.78 is 5.32. The molecule has 27 heavy (non-hydrogen) atoms. The molecule has 0 bridgehead atoms. The minimum Gasteiger partial charge on any atom is -0.480 e. The topological polar surface area (TPSA) is 126 Å². The molecule has 1 aliphatic rings. The lowest BCUT2D eigenvalue weighted by atomic mass is 9.98. The number of fused-ring (bicyclic) bond motifs is 3. The van der Waals surface area contributed by atoms with Crippen LogP contribution in [0.2, 0.25) is 0 Å². The summed E-state index contributed by atoms with van der Waals surface area (Å²) >= 11 is 0. The standard InChI is InChI=1S/C19H18N4O4/c20-23-21-10-9-17(18(24)25)22-19(26)27-11-16-14-7-3-1-5-12(14)13-6-2-4-8-15(13)16/h1-8,16-17,20H,9-11H2,(H-,22,24,25,26)/p+1. The first-order valence-corrected chi connectivity index (χ1v) is 8.49. The average Bonchev–Trinajstić information content (AvgIpc) is 2.99. The molecule has 2 aromatic carbocycles. The summed E-state index contributed by atoms with van der Waals surface area (Å²) in [5.41, 5.74) is 11.0. The number of rotatable bonds is 7. The van der Waals surface area contributed by atoms with E-state index in [1.165, 1.54) is 0 Å². The van der Waals surface area contributed by atoms with Gasteiger partial charge in [-0.2, -0.15) is 0 Å². The quantitative estimate of drug-likeness (QED) is 0.514. The van der Waals surface area contributed by atoms with Crippen molar-refractivity contribution in [1.82, 2.24) is 10.2 Å². The van der Waals surface area contributed by atoms with Crippen LogP contribution in [0.15, 0.2) is 53.6 Å². The smallest absolute Gasteiger partial charge is 0.407 e. The Labute approximate surface area is 155 Å². The number of carboxylic acid groups (broad SMARTS) is 1. The molecule has 138 valence electrons. The van der Waals surface area contributed by atoms with E-state index in [4.69, 9.17) is 10.3 Å². The lowest BCUT2D eigenvalue weighted by Crippen LogP contribution is -2.41. The van der Waals surface area contributed by atoms with Crippen molar-refractivity contribution in [1.29, 1.82) is 5.53 Å². The van der Waals surface area contributed by atoms with Crippen molar-refractivity contribution < 1.29 is 19.4 Å². The minimum atomic E-state index is -1.19. The molecule has 3 rings (SSSR count). The Bertz CT molecular complexity index is 863. The average molecular weight is 367 g/mol. The number of carboxylic acids is 1. The molecule has 8 nitrogen and oxygen atoms in total. The third-order valence-corrected chi connectivity index (χ3v) is 4.52. The van der Waals surface area contributed by atoms with Crippen LogP contribution in [0, 0.1) is 5.53 Å². The number of carbonyl (C=O) groups excluding carboxylic acids is 1. The van der Waals surface area contributed by atoms with Gasteiger partial charge in [0, 0.05) is 12.3 Å². The van der Waals surface area contributed by atoms with Gasteiger partial charge in [0.05, 0.1) is 0 Å². The van der Waals surface area contributed by atoms with E-state index in [-0.39, 0.29) is 25.5 Å². The van der Waals surface area contributed by atoms with Gasteiger partial charge >= 0.3 is 12.1 Å². The summed E-state index contributed by atoms with van der Waals surface area (Å²) in [6.07, 6.45) is -0.769. The second-order valence-electron chi connectivity index (χ2n) is 6.11. The largest absolute Gasteiger partial charge is 0.480 e. The Morgan fingerprint density at radius 2 is 1.74 bits per heavy atom. The zero-order valence-corrected chi connectivity index (χ0v) is 14.5. The van der Waals surface area contributed by atoms with Crippen molar-refractivity contribution in [2.45, 2.75) is 18.4 Å². The highest BCUT2D eigenvalue weighted by Gasteiger charge is 2.29. The van der Waals surface area contributed by atoms with Crippen LogP contribution in [0.1, 0.15) is 23.5 Å². The molecule has 2 aromatic rings. The number of nitrogens with one attached hydrogen (secondary N) is 2. The van der Waals surface area contributed by atoms with Crippen molar-refractivity contribution in [3.05, 3.63) is 59.7 Å². The van der Waals surface area contributed by atoms with Gasteiger partial charge in [-0.05, 0) is 22.3 Å². The zero-order valence-electron chi connectivity index (χ0n) is 14.5. The number of alkyl carbamates (subject to hydrolysis) is 1. The van der Waals surface area contributed by atoms with Gasteiger partial charge in [0.2, 0.25) is 4.91 Å². The van der Waals surface area contributed by atoms with E-state index in [9.17, 15) is 14.7 Å². The molecule has 0 saturated carbocycles. The number of aliphatic carboxylic acids is 1. The van der Waals surface area contributed by atoms with Crippen LogP contribution >= 0.6 is 0 Å². The third-order valence-electron chi connectivity index (χ3n) is 4.52. The first kappa shape index (κ1) is 18.3. The fraction of sp³-hybridized carbons (Fsp3) is 0.263. The molecular formula is C19H19N4O4+. The summed E-state index contributed by atoms with van der Waals surface area (Å²) in [6.45, 7) is 0.142. The Balaban J connectivity index is 1.66. The van der Waals surface area contributed by atoms with Crippen molar-refractivity contribution in [3.63, 3.8) is 0 Å². The number of nitrogens with zero attached hydrogens (tertiary/aromatic N) is 2. The fourth-order valence-corrected chi connectivity index (χ4v) is 3.28. The first-order chi connectivity index (χ1) is 13.1. The van der Waals surface area contributed by atoms with E-state index in [0.29, 0.717) is 0 Å². The Morgan fingerprint density at radius 3 is 2.30 bits per heavy atom. The summed E-state index contributed by atoms with van der Waals surface area (Å²) in [5.74, 6) is -1.28. The molecule has 1 aliphatic carbocycles. The number of benzene rings is 2. The molecule has 8 heteroatoms. The van der Waals surface area contributed by atoms with E-state index in [0.717, 1.165) is 22.3 Å². The van der Waals surface area contributed by atoms with Gasteiger partial charge in [-0.3, -0.25) is 0 Å². The Morgan fingerprint density at radius 1 is 1.15 bits per heavy atom. The number of amides is 1. The zero-order chi connectivity index (χ0) is 19.2. The first-order valence-electron chi connectivity index (χ1n) is 8.49. The predicted octanol–water partition coefficient (Wildman–Crippen LogP) is 2.92. The molecule has 3 N–H and O–H groups in total. The summed E-state index contributed by atoms with van der Waals surface area (Å²) in [7, 11) is 0. The van der Waals surface area contributed by atoms with Gasteiger partial charge in [0.1, 0.15) is 29.8 Å². The van der Waals surface area contributed by atoms with Crippen LogP contribution in [0.4, 0.5) is 4.79 Å². The van der Waals surface area contributed by atoms with Crippen molar-refractivity contribution in [3.8, 4) is 11.1 Å². The van der Waals surface area contributed by atoms with E-state index in [1.807, 2.05) is 48.5 Å². The van der Waals surface area contributed by atoms with E-state index in [1.54, 1.807) is 0 Å². The number of carbonyl (C=O) groups is 2. The normalized spacial score (nSPS) is 13.0. The van der Waals surface area contributed by atoms with Crippen LogP contribution < -0.4 is 10.2 Å². The fourth-order valence-electron chi connectivity index (χ4n) is 3.28. The van der Waals surface area contributed by atoms with Crippen LogP contribution in [0.5, 0.6) is 0 Å². The molecule has 0 spiro atoms. The van der Waals surface area contributed by atoms with Crippen LogP contribution in [-0.2, 0) is 9.53 Å². The second kappa shape index (κ2) is 8.25. The SMILES string of the molecule is N=[N+]=NCCC(NC(=O)OCC1c2ccccc2-c2ccccc21)C(=O)O. The van der Waals surface area contributed by atoms with E-state index in [2.05, 4.69) is 15.3 Å². The molecule has 1 amide bonds. The van der Waals surface area contributed by atoms with E-state index >= 15 is 0 Å². The Kier molecular flexibility index (Phi) is 5.58. The van der Waals surface area contributed by atoms with Crippen LogP contribution in [-0.4, -0.2) is 36.4 Å². The minimum absolute atomic E-state index is 0.0297. The maximum Gasteiger partial charge on any atom is 0.407 e. The number of hydrogen-bond donors (Lipinski definition) is 3. The lowest BCUT2D eigenvalue weighted by molar-refractivity contribution is -0.139. The molecular weight excluding hydrogens is 348 g/mol. The van der Waals surface area contributed by atoms with Crippen molar-refractivity contribution >= 4 is 12.1 Å². The van der Waals surface area contributed by atoms with Crippen LogP contribution in [0.3, 0.4) is 0 Å². The maximum absolute atomic E-state index is 12.1. The van der Waals surface area contributed by atoms with Gasteiger partial charge < -0.3 is 15.2 Å². The van der Waals surface area contributed by atoms with Gasteiger partial charge in [0.25, 0.3) is 0 Å².